The largest absolute Gasteiger partial charge is 0.338 e. The number of halogens is 1. The topological polar surface area (TPSA) is 64.2 Å². The van der Waals surface area contributed by atoms with Crippen LogP contribution in [0.5, 0.6) is 0 Å². The summed E-state index contributed by atoms with van der Waals surface area (Å²) in [6, 6.07) is 9.88. The van der Waals surface area contributed by atoms with Crippen LogP contribution in [0.1, 0.15) is 26.2 Å². The number of carbonyl (C=O) groups excluding carboxylic acids is 1. The molecule has 1 atom stereocenters. The van der Waals surface area contributed by atoms with Crippen LogP contribution in [0.4, 0.5) is 4.39 Å². The van der Waals surface area contributed by atoms with Crippen molar-refractivity contribution in [2.24, 2.45) is 0 Å². The van der Waals surface area contributed by atoms with Crippen molar-refractivity contribution >= 4 is 5.91 Å². The average Bonchev–Trinajstić information content (AvgIpc) is 3.32. The van der Waals surface area contributed by atoms with E-state index in [4.69, 9.17) is 4.52 Å². The molecule has 140 valence electrons. The summed E-state index contributed by atoms with van der Waals surface area (Å²) in [7, 11) is 0. The lowest BCUT2D eigenvalue weighted by Gasteiger charge is -2.33. The number of rotatable bonds is 4. The van der Waals surface area contributed by atoms with Gasteiger partial charge in [-0.3, -0.25) is 4.79 Å². The Labute approximate surface area is 156 Å². The Bertz CT molecular complexity index is 932. The van der Waals surface area contributed by atoms with Crippen molar-refractivity contribution in [2.45, 2.75) is 38.8 Å². The molecule has 1 aliphatic heterocycles. The molecule has 4 rings (SSSR count). The maximum atomic E-state index is 13.1. The maximum Gasteiger partial charge on any atom is 0.274 e. The lowest BCUT2D eigenvalue weighted by molar-refractivity contribution is -0.135. The zero-order chi connectivity index (χ0) is 18.8. The first-order valence-electron chi connectivity index (χ1n) is 9.16. The predicted octanol–water partition coefficient (Wildman–Crippen LogP) is 3.75. The van der Waals surface area contributed by atoms with E-state index < -0.39 is 0 Å². The van der Waals surface area contributed by atoms with Crippen LogP contribution in [0.15, 0.2) is 47.1 Å². The highest BCUT2D eigenvalue weighted by molar-refractivity contribution is 5.77. The molecule has 0 spiro atoms. The lowest BCUT2D eigenvalue weighted by Crippen LogP contribution is -2.43. The number of hydrogen-bond donors (Lipinski definition) is 0. The van der Waals surface area contributed by atoms with E-state index in [-0.39, 0.29) is 24.3 Å². The van der Waals surface area contributed by atoms with Crippen molar-refractivity contribution in [3.05, 3.63) is 48.4 Å². The van der Waals surface area contributed by atoms with Crippen LogP contribution in [0.3, 0.4) is 0 Å². The number of nitrogens with zero attached hydrogens (tertiary/aromatic N) is 4. The molecule has 0 saturated carbocycles. The van der Waals surface area contributed by atoms with E-state index in [0.717, 1.165) is 19.4 Å². The molecule has 0 N–H and O–H groups in total. The van der Waals surface area contributed by atoms with Crippen LogP contribution in [0.2, 0.25) is 0 Å². The van der Waals surface area contributed by atoms with Crippen molar-refractivity contribution in [2.75, 3.05) is 6.54 Å². The second kappa shape index (κ2) is 7.34. The van der Waals surface area contributed by atoms with Gasteiger partial charge in [0.25, 0.3) is 5.89 Å². The molecule has 1 aliphatic rings. The van der Waals surface area contributed by atoms with Gasteiger partial charge in [-0.15, -0.1) is 0 Å². The molecule has 3 heterocycles. The van der Waals surface area contributed by atoms with E-state index in [1.807, 2.05) is 27.8 Å². The van der Waals surface area contributed by atoms with E-state index >= 15 is 0 Å². The fraction of sp³-hybridized carbons (Fsp3) is 0.350. The highest BCUT2D eigenvalue weighted by Crippen LogP contribution is 2.24. The van der Waals surface area contributed by atoms with Gasteiger partial charge in [0.15, 0.2) is 0 Å². The molecule has 6 nitrogen and oxygen atoms in total. The number of hydrogen-bond acceptors (Lipinski definition) is 4. The molecule has 1 amide bonds. The number of aromatic nitrogens is 3. The van der Waals surface area contributed by atoms with E-state index in [9.17, 15) is 9.18 Å². The minimum Gasteiger partial charge on any atom is -0.338 e. The summed E-state index contributed by atoms with van der Waals surface area (Å²) in [5.74, 6) is 0.493. The standard InChI is InChI=1S/C20H21FN4O2/c1-14-5-2-3-12-25(14)18(26)13-24-11-4-6-17(24)20-22-19(23-27-20)15-7-9-16(21)10-8-15/h4,6-11,14H,2-3,5,12-13H2,1H3/t14-/m0/s1. The van der Waals surface area contributed by atoms with Crippen molar-refractivity contribution in [1.82, 2.24) is 19.6 Å². The van der Waals surface area contributed by atoms with E-state index in [2.05, 4.69) is 17.1 Å². The normalized spacial score (nSPS) is 17.3. The van der Waals surface area contributed by atoms with Gasteiger partial charge in [0.05, 0.1) is 0 Å². The van der Waals surface area contributed by atoms with Crippen LogP contribution in [-0.4, -0.2) is 38.1 Å². The van der Waals surface area contributed by atoms with E-state index in [0.29, 0.717) is 23.0 Å². The molecule has 1 saturated heterocycles. The lowest BCUT2D eigenvalue weighted by atomic mass is 10.0. The van der Waals surface area contributed by atoms with Crippen molar-refractivity contribution in [3.63, 3.8) is 0 Å². The minimum absolute atomic E-state index is 0.0953. The summed E-state index contributed by atoms with van der Waals surface area (Å²) in [4.78, 5) is 19.1. The number of benzene rings is 1. The monoisotopic (exact) mass is 368 g/mol. The third-order valence-electron chi connectivity index (χ3n) is 5.01. The molecular formula is C20H21FN4O2. The summed E-state index contributed by atoms with van der Waals surface area (Å²) >= 11 is 0. The van der Waals surface area contributed by atoms with Gasteiger partial charge >= 0.3 is 0 Å². The number of amides is 1. The third-order valence-corrected chi connectivity index (χ3v) is 5.01. The highest BCUT2D eigenvalue weighted by atomic mass is 19.1. The molecule has 7 heteroatoms. The molecule has 0 radical (unpaired) electrons. The first-order chi connectivity index (χ1) is 13.1. The summed E-state index contributed by atoms with van der Waals surface area (Å²) in [5.41, 5.74) is 1.36. The fourth-order valence-electron chi connectivity index (χ4n) is 3.50. The quantitative estimate of drug-likeness (QED) is 0.704. The van der Waals surface area contributed by atoms with Crippen LogP contribution in [-0.2, 0) is 11.3 Å². The van der Waals surface area contributed by atoms with Crippen LogP contribution < -0.4 is 0 Å². The zero-order valence-electron chi connectivity index (χ0n) is 15.1. The van der Waals surface area contributed by atoms with Crippen LogP contribution in [0, 0.1) is 5.82 Å². The SMILES string of the molecule is C[C@H]1CCCCN1C(=O)Cn1cccc1-c1nc(-c2ccc(F)cc2)no1. The molecule has 1 fully saturated rings. The highest BCUT2D eigenvalue weighted by Gasteiger charge is 2.24. The molecule has 2 aromatic heterocycles. The number of likely N-dealkylation sites (tertiary alicyclic amines) is 1. The average molecular weight is 368 g/mol. The molecular weight excluding hydrogens is 347 g/mol. The summed E-state index contributed by atoms with van der Waals surface area (Å²) in [6.45, 7) is 3.15. The fourth-order valence-corrected chi connectivity index (χ4v) is 3.50. The Morgan fingerprint density at radius 3 is 2.85 bits per heavy atom. The zero-order valence-corrected chi connectivity index (χ0v) is 15.1. The molecule has 0 unspecified atom stereocenters. The molecule has 1 aromatic carbocycles. The van der Waals surface area contributed by atoms with Crippen LogP contribution >= 0.6 is 0 Å². The maximum absolute atomic E-state index is 13.1. The predicted molar refractivity (Wildman–Crippen MR) is 98.1 cm³/mol. The van der Waals surface area contributed by atoms with Gasteiger partial charge in [0.1, 0.15) is 18.1 Å². The molecule has 27 heavy (non-hydrogen) atoms. The van der Waals surface area contributed by atoms with Crippen molar-refractivity contribution in [1.29, 1.82) is 0 Å². The summed E-state index contributed by atoms with van der Waals surface area (Å²) in [5, 5.41) is 3.98. The van der Waals surface area contributed by atoms with Gasteiger partial charge in [-0.1, -0.05) is 5.16 Å². The molecule has 0 bridgehead atoms. The van der Waals surface area contributed by atoms with E-state index in [1.165, 1.54) is 18.6 Å². The Balaban J connectivity index is 1.54. The van der Waals surface area contributed by atoms with Crippen molar-refractivity contribution in [3.8, 4) is 23.0 Å². The molecule has 3 aromatic rings. The van der Waals surface area contributed by atoms with Gasteiger partial charge in [-0.05, 0) is 62.6 Å². The smallest absolute Gasteiger partial charge is 0.274 e. The Hall–Kier alpha value is -2.96. The molecule has 0 aliphatic carbocycles. The second-order valence-corrected chi connectivity index (χ2v) is 6.88. The van der Waals surface area contributed by atoms with E-state index in [1.54, 1.807) is 12.1 Å². The van der Waals surface area contributed by atoms with Crippen molar-refractivity contribution < 1.29 is 13.7 Å². The number of carbonyl (C=O) groups is 1. The van der Waals surface area contributed by atoms with Gasteiger partial charge in [-0.25, -0.2) is 4.39 Å². The minimum atomic E-state index is -0.318. The Morgan fingerprint density at radius 2 is 2.07 bits per heavy atom. The van der Waals surface area contributed by atoms with Gasteiger partial charge in [0, 0.05) is 24.3 Å². The second-order valence-electron chi connectivity index (χ2n) is 6.88. The summed E-state index contributed by atoms with van der Waals surface area (Å²) < 4.78 is 20.3. The first kappa shape index (κ1) is 17.5. The first-order valence-corrected chi connectivity index (χ1v) is 9.16. The van der Waals surface area contributed by atoms with Gasteiger partial charge in [0.2, 0.25) is 11.7 Å². The third kappa shape index (κ3) is 3.63. The van der Waals surface area contributed by atoms with Gasteiger partial charge < -0.3 is 14.0 Å². The Kier molecular flexibility index (Phi) is 4.75. The van der Waals surface area contributed by atoms with Crippen LogP contribution in [0.25, 0.3) is 23.0 Å². The Morgan fingerprint density at radius 1 is 1.26 bits per heavy atom. The van der Waals surface area contributed by atoms with Gasteiger partial charge in [-0.2, -0.15) is 4.98 Å². The number of piperidine rings is 1. The summed E-state index contributed by atoms with van der Waals surface area (Å²) in [6.07, 6.45) is 5.12.